The molecule has 1 aliphatic rings. The van der Waals surface area contributed by atoms with Crippen LogP contribution >= 0.6 is 0 Å². The Bertz CT molecular complexity index is 1790. The summed E-state index contributed by atoms with van der Waals surface area (Å²) >= 11 is -0.238. The maximum atomic E-state index is 13.2. The standard InChI is InChI=1S/C32H17N3O2Se/c33-18-20-5-3-9-24(13-20)35(25-10-4-6-21(14-25)19-34)30-12-11-26(38-30)17-29-31(36)27-15-22-7-1-2-8-23(22)16-28(27)32(29)37/h1-17H. The molecule has 4 aromatic carbocycles. The van der Waals surface area contributed by atoms with Gasteiger partial charge in [0.25, 0.3) is 0 Å². The molecule has 0 saturated heterocycles. The Morgan fingerprint density at radius 2 is 1.21 bits per heavy atom. The predicted octanol–water partition coefficient (Wildman–Crippen LogP) is 6.57. The number of hydrogen-bond acceptors (Lipinski definition) is 5. The van der Waals surface area contributed by atoms with Gasteiger partial charge in [-0.25, -0.2) is 0 Å². The van der Waals surface area contributed by atoms with Crippen molar-refractivity contribution in [1.29, 1.82) is 10.5 Å². The molecule has 38 heavy (non-hydrogen) atoms. The van der Waals surface area contributed by atoms with Crippen LogP contribution in [0, 0.1) is 22.7 Å². The van der Waals surface area contributed by atoms with E-state index < -0.39 is 0 Å². The second-order valence-corrected chi connectivity index (χ2v) is 11.1. The molecule has 178 valence electrons. The second-order valence-electron chi connectivity index (χ2n) is 8.80. The van der Waals surface area contributed by atoms with Gasteiger partial charge in [0.1, 0.15) is 0 Å². The van der Waals surface area contributed by atoms with Crippen LogP contribution in [0.15, 0.2) is 103 Å². The molecule has 5 aromatic rings. The molecule has 0 spiro atoms. The first kappa shape index (κ1) is 23.4. The first-order chi connectivity index (χ1) is 18.6. The van der Waals surface area contributed by atoms with E-state index in [-0.39, 0.29) is 31.6 Å². The number of carbonyl (C=O) groups is 2. The van der Waals surface area contributed by atoms with Gasteiger partial charge in [-0.15, -0.1) is 0 Å². The Labute approximate surface area is 224 Å². The molecule has 0 fully saturated rings. The fraction of sp³-hybridized carbons (Fsp3) is 0. The van der Waals surface area contributed by atoms with Gasteiger partial charge in [0, 0.05) is 0 Å². The maximum absolute atomic E-state index is 13.2. The number of ketones is 2. The Morgan fingerprint density at radius 3 is 1.74 bits per heavy atom. The Morgan fingerprint density at radius 1 is 0.658 bits per heavy atom. The number of benzene rings is 4. The van der Waals surface area contributed by atoms with E-state index in [0.29, 0.717) is 22.3 Å². The van der Waals surface area contributed by atoms with E-state index in [9.17, 15) is 20.1 Å². The summed E-state index contributed by atoms with van der Waals surface area (Å²) < 4.78 is 1.84. The van der Waals surface area contributed by atoms with Crippen molar-refractivity contribution in [2.75, 3.05) is 4.90 Å². The van der Waals surface area contributed by atoms with Crippen molar-refractivity contribution < 1.29 is 9.59 Å². The van der Waals surface area contributed by atoms with Crippen molar-refractivity contribution in [1.82, 2.24) is 0 Å². The van der Waals surface area contributed by atoms with E-state index in [1.165, 1.54) is 0 Å². The SMILES string of the molecule is N#Cc1cccc(N(c2cccc(C#N)c2)c2ccc(C=C3C(=O)c4cc5ccccc5cc4C3=O)[se]2)c1. The molecule has 0 unspecified atom stereocenters. The summed E-state index contributed by atoms with van der Waals surface area (Å²) in [4.78, 5) is 28.5. The molecule has 0 amide bonds. The van der Waals surface area contributed by atoms with Crippen LogP contribution in [-0.4, -0.2) is 26.1 Å². The summed E-state index contributed by atoms with van der Waals surface area (Å²) in [6.45, 7) is 0. The van der Waals surface area contributed by atoms with E-state index in [2.05, 4.69) is 12.1 Å². The molecular formula is C32H17N3O2Se. The summed E-state index contributed by atoms with van der Waals surface area (Å²) in [5, 5.41) is 20.7. The summed E-state index contributed by atoms with van der Waals surface area (Å²) in [6, 6.07) is 34.1. The van der Waals surface area contributed by atoms with Crippen LogP contribution in [0.5, 0.6) is 0 Å². The molecule has 0 aliphatic heterocycles. The van der Waals surface area contributed by atoms with E-state index in [4.69, 9.17) is 0 Å². The number of fused-ring (bicyclic) bond motifs is 2. The van der Waals surface area contributed by atoms with Gasteiger partial charge in [0.2, 0.25) is 0 Å². The number of nitriles is 2. The van der Waals surface area contributed by atoms with Crippen molar-refractivity contribution in [3.63, 3.8) is 0 Å². The van der Waals surface area contributed by atoms with Gasteiger partial charge in [0.05, 0.1) is 0 Å². The molecule has 0 bridgehead atoms. The molecule has 0 radical (unpaired) electrons. The number of carbonyl (C=O) groups excluding carboxylic acids is 2. The van der Waals surface area contributed by atoms with Crippen molar-refractivity contribution in [2.45, 2.75) is 0 Å². The molecule has 6 rings (SSSR count). The number of anilines is 3. The molecule has 1 aromatic heterocycles. The Hall–Kier alpha value is -5.00. The molecule has 0 saturated carbocycles. The monoisotopic (exact) mass is 555 g/mol. The van der Waals surface area contributed by atoms with Crippen LogP contribution < -0.4 is 4.90 Å². The zero-order valence-electron chi connectivity index (χ0n) is 19.9. The second kappa shape index (κ2) is 9.46. The molecule has 0 N–H and O–H groups in total. The van der Waals surface area contributed by atoms with E-state index in [0.717, 1.165) is 31.1 Å². The van der Waals surface area contributed by atoms with Gasteiger partial charge in [-0.2, -0.15) is 0 Å². The van der Waals surface area contributed by atoms with E-state index in [1.807, 2.05) is 65.6 Å². The summed E-state index contributed by atoms with van der Waals surface area (Å²) in [5.74, 6) is -0.498. The fourth-order valence-electron chi connectivity index (χ4n) is 4.66. The van der Waals surface area contributed by atoms with Crippen LogP contribution in [0.2, 0.25) is 0 Å². The molecule has 6 heteroatoms. The topological polar surface area (TPSA) is 85.0 Å². The normalized spacial score (nSPS) is 12.2. The van der Waals surface area contributed by atoms with Crippen LogP contribution in [0.3, 0.4) is 0 Å². The van der Waals surface area contributed by atoms with Crippen LogP contribution in [-0.2, 0) is 0 Å². The fourth-order valence-corrected chi connectivity index (χ4v) is 6.74. The van der Waals surface area contributed by atoms with Crippen molar-refractivity contribution in [3.8, 4) is 12.1 Å². The van der Waals surface area contributed by atoms with Crippen LogP contribution in [0.1, 0.15) is 36.3 Å². The third-order valence-corrected chi connectivity index (χ3v) is 8.59. The third-order valence-electron chi connectivity index (χ3n) is 6.45. The molecule has 5 nitrogen and oxygen atoms in total. The molecule has 0 atom stereocenters. The summed E-state index contributed by atoms with van der Waals surface area (Å²) in [7, 11) is 0. The predicted molar refractivity (Wildman–Crippen MR) is 148 cm³/mol. The summed E-state index contributed by atoms with van der Waals surface area (Å²) in [6.07, 6.45) is 1.72. The number of allylic oxidation sites excluding steroid dienone is 1. The zero-order valence-corrected chi connectivity index (χ0v) is 21.6. The number of rotatable bonds is 4. The first-order valence-corrected chi connectivity index (χ1v) is 13.5. The quantitative estimate of drug-likeness (QED) is 0.143. The van der Waals surface area contributed by atoms with Gasteiger partial charge in [0.15, 0.2) is 0 Å². The van der Waals surface area contributed by atoms with Gasteiger partial charge in [-0.3, -0.25) is 0 Å². The number of hydrogen-bond donors (Lipinski definition) is 0. The summed E-state index contributed by atoms with van der Waals surface area (Å²) in [5.41, 5.74) is 3.71. The Balaban J connectivity index is 1.42. The van der Waals surface area contributed by atoms with Gasteiger partial charge >= 0.3 is 225 Å². The molecule has 1 heterocycles. The minimum absolute atomic E-state index is 0.183. The van der Waals surface area contributed by atoms with Crippen molar-refractivity contribution in [3.05, 3.63) is 129 Å². The van der Waals surface area contributed by atoms with Crippen LogP contribution in [0.25, 0.3) is 16.8 Å². The molecular weight excluding hydrogens is 537 g/mol. The third kappa shape index (κ3) is 4.05. The average Bonchev–Trinajstić information content (AvgIpc) is 3.50. The minimum atomic E-state index is -0.249. The van der Waals surface area contributed by atoms with E-state index >= 15 is 0 Å². The van der Waals surface area contributed by atoms with Gasteiger partial charge in [-0.05, 0) is 0 Å². The number of nitrogens with zero attached hydrogens (tertiary/aromatic N) is 3. The zero-order chi connectivity index (χ0) is 26.2. The van der Waals surface area contributed by atoms with Gasteiger partial charge < -0.3 is 0 Å². The first-order valence-electron chi connectivity index (χ1n) is 11.8. The van der Waals surface area contributed by atoms with Crippen molar-refractivity contribution in [2.24, 2.45) is 0 Å². The van der Waals surface area contributed by atoms with E-state index in [1.54, 1.807) is 42.5 Å². The Kier molecular flexibility index (Phi) is 5.83. The molecule has 1 aliphatic carbocycles. The van der Waals surface area contributed by atoms with Crippen LogP contribution in [0.4, 0.5) is 15.9 Å². The number of Topliss-reactive ketones (excluding diaryl/α,β-unsaturated/α-hetero) is 2. The van der Waals surface area contributed by atoms with Crippen molar-refractivity contribution >= 4 is 58.9 Å². The van der Waals surface area contributed by atoms with Gasteiger partial charge in [-0.1, -0.05) is 0 Å². The average molecular weight is 554 g/mol.